The average Bonchev–Trinajstić information content (AvgIpc) is 3.41. The van der Waals surface area contributed by atoms with E-state index in [1.165, 1.54) is 9.80 Å². The summed E-state index contributed by atoms with van der Waals surface area (Å²) in [5.41, 5.74) is 9.61. The molecule has 1 fully saturated rings. The number of fused-ring (bicyclic) bond motifs is 1. The van der Waals surface area contributed by atoms with Crippen molar-refractivity contribution in [1.29, 1.82) is 5.26 Å². The summed E-state index contributed by atoms with van der Waals surface area (Å²) >= 11 is 0. The van der Waals surface area contributed by atoms with Gasteiger partial charge in [0.2, 0.25) is 12.2 Å². The Morgan fingerprint density at radius 2 is 1.80 bits per heavy atom. The van der Waals surface area contributed by atoms with E-state index in [2.05, 4.69) is 16.6 Å². The smallest absolute Gasteiger partial charge is 0.365 e. The minimum Gasteiger partial charge on any atom is -0.365 e. The van der Waals surface area contributed by atoms with Crippen molar-refractivity contribution in [3.8, 4) is 17.2 Å². The van der Waals surface area contributed by atoms with Gasteiger partial charge in [-0.2, -0.15) is 23.5 Å². The molecule has 0 saturated carbocycles. The Balaban J connectivity index is 1.36. The van der Waals surface area contributed by atoms with Crippen LogP contribution in [0.25, 0.3) is 16.7 Å². The molecule has 2 heterocycles. The molecule has 1 amide bonds. The first-order valence-corrected chi connectivity index (χ1v) is 13.2. The number of hydrazone groups is 1. The van der Waals surface area contributed by atoms with Crippen molar-refractivity contribution in [1.82, 2.24) is 10.3 Å². The Labute approximate surface area is 236 Å². The van der Waals surface area contributed by atoms with Crippen LogP contribution >= 0.6 is 0 Å². The van der Waals surface area contributed by atoms with Crippen LogP contribution in [0.5, 0.6) is 0 Å². The molecule has 10 heteroatoms. The third kappa shape index (κ3) is 5.48. The number of carbonyl (C=O) groups excluding carboxylic acids is 1. The lowest BCUT2D eigenvalue weighted by atomic mass is 9.91. The second-order valence-corrected chi connectivity index (χ2v) is 10.3. The van der Waals surface area contributed by atoms with Gasteiger partial charge in [-0.05, 0) is 85.0 Å². The number of hydrogen-bond acceptors (Lipinski definition) is 6. The van der Waals surface area contributed by atoms with Crippen LogP contribution in [0.15, 0.2) is 78.0 Å². The Hall–Kier alpha value is -4.78. The molecule has 2 aliphatic heterocycles. The molecule has 3 aromatic rings. The largest absolute Gasteiger partial charge is 0.451 e. The van der Waals surface area contributed by atoms with Gasteiger partial charge < -0.3 is 9.80 Å². The van der Waals surface area contributed by atoms with Crippen molar-refractivity contribution < 1.29 is 18.0 Å². The fraction of sp³-hybridized carbons (Fsp3) is 0.258. The number of rotatable bonds is 6. The predicted molar refractivity (Wildman–Crippen MR) is 154 cm³/mol. The molecule has 2 aliphatic rings. The van der Waals surface area contributed by atoms with Crippen molar-refractivity contribution in [3.63, 3.8) is 0 Å². The number of nitrogens with zero attached hydrogens (tertiary/aromatic N) is 5. The molecule has 0 bridgehead atoms. The highest BCUT2D eigenvalue weighted by Gasteiger charge is 2.49. The molecule has 41 heavy (non-hydrogen) atoms. The third-order valence-corrected chi connectivity index (χ3v) is 7.46. The number of carbonyl (C=O) groups is 1. The van der Waals surface area contributed by atoms with E-state index in [0.717, 1.165) is 39.9 Å². The Bertz CT molecular complexity index is 1540. The number of hydrogen-bond donors (Lipinski definition) is 1. The molecule has 0 aromatic heterocycles. The van der Waals surface area contributed by atoms with Gasteiger partial charge in [-0.25, -0.2) is 0 Å². The van der Waals surface area contributed by atoms with Crippen LogP contribution in [0.1, 0.15) is 30.5 Å². The van der Waals surface area contributed by atoms with Crippen molar-refractivity contribution in [2.24, 2.45) is 5.10 Å². The van der Waals surface area contributed by atoms with Crippen LogP contribution in [0, 0.1) is 18.3 Å². The molecular formula is C31H29F3N6O. The Kier molecular flexibility index (Phi) is 7.45. The number of nitrogens with one attached hydrogen (secondary N) is 1. The maximum atomic E-state index is 13.4. The van der Waals surface area contributed by atoms with Gasteiger partial charge in [0.05, 0.1) is 18.2 Å². The van der Waals surface area contributed by atoms with Gasteiger partial charge in [0.1, 0.15) is 6.17 Å². The van der Waals surface area contributed by atoms with Crippen LogP contribution in [0.2, 0.25) is 0 Å². The lowest BCUT2D eigenvalue weighted by Gasteiger charge is -2.44. The van der Waals surface area contributed by atoms with Crippen LogP contribution < -0.4 is 15.2 Å². The van der Waals surface area contributed by atoms with Gasteiger partial charge in [0.15, 0.2) is 0 Å². The molecule has 2 atom stereocenters. The highest BCUT2D eigenvalue weighted by Crippen LogP contribution is 2.34. The highest BCUT2D eigenvalue weighted by atomic mass is 19.4. The van der Waals surface area contributed by atoms with Crippen LogP contribution in [0.3, 0.4) is 0 Å². The zero-order chi connectivity index (χ0) is 29.3. The Morgan fingerprint density at radius 1 is 1.10 bits per heavy atom. The van der Waals surface area contributed by atoms with Gasteiger partial charge in [-0.1, -0.05) is 30.3 Å². The minimum absolute atomic E-state index is 0.328. The maximum absolute atomic E-state index is 13.4. The molecule has 0 radical (unpaired) electrons. The molecule has 1 saturated heterocycles. The monoisotopic (exact) mass is 558 g/mol. The van der Waals surface area contributed by atoms with Gasteiger partial charge in [-0.3, -0.25) is 15.1 Å². The minimum atomic E-state index is -4.51. The number of piperazine rings is 1. The summed E-state index contributed by atoms with van der Waals surface area (Å²) in [4.78, 5) is 17.0. The van der Waals surface area contributed by atoms with Gasteiger partial charge in [-0.15, -0.1) is 0 Å². The van der Waals surface area contributed by atoms with Gasteiger partial charge in [0, 0.05) is 30.2 Å². The molecule has 5 rings (SSSR count). The van der Waals surface area contributed by atoms with Crippen LogP contribution in [0.4, 0.5) is 24.5 Å². The van der Waals surface area contributed by atoms with E-state index in [9.17, 15) is 18.0 Å². The zero-order valence-electron chi connectivity index (χ0n) is 22.9. The normalized spacial score (nSPS) is 18.8. The van der Waals surface area contributed by atoms with E-state index in [0.29, 0.717) is 24.3 Å². The summed E-state index contributed by atoms with van der Waals surface area (Å²) in [5.74, 6) is -0.884. The van der Waals surface area contributed by atoms with Crippen molar-refractivity contribution in [3.05, 3.63) is 89.6 Å². The van der Waals surface area contributed by atoms with E-state index >= 15 is 0 Å². The number of amidine groups is 1. The fourth-order valence-corrected chi connectivity index (χ4v) is 5.59. The number of alkyl halides is 3. The average molecular weight is 559 g/mol. The van der Waals surface area contributed by atoms with Crippen molar-refractivity contribution in [2.75, 3.05) is 22.9 Å². The SMILES string of the molecule is C/C(=C/N(C=O)c1ccc(N2CC(C)N3C(C(F)(F)F)=NNC3C2)cc1)c1c(C)cccc1-c1ccc(C#N)cc1. The highest BCUT2D eigenvalue weighted by molar-refractivity contribution is 5.90. The Morgan fingerprint density at radius 3 is 2.44 bits per heavy atom. The van der Waals surface area contributed by atoms with Crippen LogP contribution in [-0.4, -0.2) is 48.6 Å². The number of allylic oxidation sites excluding steroid dienone is 1. The van der Waals surface area contributed by atoms with E-state index in [1.54, 1.807) is 25.3 Å². The number of benzene rings is 3. The van der Waals surface area contributed by atoms with Crippen molar-refractivity contribution in [2.45, 2.75) is 39.2 Å². The molecule has 3 aromatic carbocycles. The zero-order valence-corrected chi connectivity index (χ0v) is 22.9. The first kappa shape index (κ1) is 27.8. The maximum Gasteiger partial charge on any atom is 0.451 e. The second-order valence-electron chi connectivity index (χ2n) is 10.3. The van der Waals surface area contributed by atoms with Crippen LogP contribution in [-0.2, 0) is 4.79 Å². The fourth-order valence-electron chi connectivity index (χ4n) is 5.59. The molecule has 7 nitrogen and oxygen atoms in total. The summed E-state index contributed by atoms with van der Waals surface area (Å²) < 4.78 is 40.1. The predicted octanol–water partition coefficient (Wildman–Crippen LogP) is 5.87. The molecular weight excluding hydrogens is 529 g/mol. The van der Waals surface area contributed by atoms with E-state index < -0.39 is 24.2 Å². The van der Waals surface area contributed by atoms with E-state index in [4.69, 9.17) is 5.26 Å². The van der Waals surface area contributed by atoms with Gasteiger partial charge >= 0.3 is 6.18 Å². The summed E-state index contributed by atoms with van der Waals surface area (Å²) in [7, 11) is 0. The number of halogens is 3. The second kappa shape index (κ2) is 11.0. The van der Waals surface area contributed by atoms with Gasteiger partial charge in [0.25, 0.3) is 0 Å². The summed E-state index contributed by atoms with van der Waals surface area (Å²) in [6.45, 7) is 6.44. The molecule has 0 aliphatic carbocycles. The van der Waals surface area contributed by atoms with E-state index in [-0.39, 0.29) is 0 Å². The molecule has 2 unspecified atom stereocenters. The molecule has 210 valence electrons. The topological polar surface area (TPSA) is 75.0 Å². The number of nitriles is 1. The third-order valence-electron chi connectivity index (χ3n) is 7.46. The summed E-state index contributed by atoms with van der Waals surface area (Å²) in [5, 5.41) is 12.7. The number of amides is 1. The number of aryl methyl sites for hydroxylation is 1. The first-order valence-electron chi connectivity index (χ1n) is 13.2. The van der Waals surface area contributed by atoms with E-state index in [1.807, 2.05) is 73.3 Å². The standard InChI is InChI=1S/C31H29F3N6O/c1-20-5-4-6-27(24-9-7-23(15-35)8-10-24)29(20)21(2)16-39(19-41)26-13-11-25(12-14-26)38-17-22(3)40-28(18-38)36-37-30(40)31(32,33)34/h4-14,16,19,22,28,36H,17-18H2,1-3H3/b21-16-. The quantitative estimate of drug-likeness (QED) is 0.383. The molecule has 0 spiro atoms. The first-order chi connectivity index (χ1) is 19.6. The molecule has 1 N–H and O–H groups in total. The lowest BCUT2D eigenvalue weighted by molar-refractivity contribution is -0.107. The number of anilines is 2. The summed E-state index contributed by atoms with van der Waals surface area (Å²) in [6, 6.07) is 22.5. The summed E-state index contributed by atoms with van der Waals surface area (Å²) in [6.07, 6.45) is -2.55. The van der Waals surface area contributed by atoms with Crippen molar-refractivity contribution >= 4 is 29.2 Å². The lowest BCUT2D eigenvalue weighted by Crippen LogP contribution is -2.61.